The summed E-state index contributed by atoms with van der Waals surface area (Å²) in [6.45, 7) is 0. The van der Waals surface area contributed by atoms with Gasteiger partial charge in [0.2, 0.25) is 0 Å². The minimum Gasteiger partial charge on any atom is -0.507 e. The number of hydrogen-bond acceptors (Lipinski definition) is 6. The number of methoxy groups -OCH3 is 2. The van der Waals surface area contributed by atoms with Crippen LogP contribution < -0.4 is 9.47 Å². The van der Waals surface area contributed by atoms with Crippen molar-refractivity contribution in [3.63, 3.8) is 0 Å². The second-order valence-corrected chi connectivity index (χ2v) is 5.55. The molecule has 0 aliphatic carbocycles. The van der Waals surface area contributed by atoms with Crippen molar-refractivity contribution >= 4 is 29.7 Å². The van der Waals surface area contributed by atoms with Crippen molar-refractivity contribution in [2.24, 2.45) is 0 Å². The van der Waals surface area contributed by atoms with Crippen LogP contribution in [0.25, 0.3) is 17.7 Å². The van der Waals surface area contributed by atoms with E-state index in [1.54, 1.807) is 0 Å². The van der Waals surface area contributed by atoms with E-state index in [-0.39, 0.29) is 33.9 Å². The molecule has 0 saturated carbocycles. The van der Waals surface area contributed by atoms with Crippen LogP contribution in [0.1, 0.15) is 16.7 Å². The van der Waals surface area contributed by atoms with E-state index >= 15 is 0 Å². The van der Waals surface area contributed by atoms with E-state index in [0.717, 1.165) is 12.2 Å². The van der Waals surface area contributed by atoms with Gasteiger partial charge < -0.3 is 29.9 Å². The molecule has 0 heterocycles. The molecule has 0 amide bonds. The van der Waals surface area contributed by atoms with Crippen LogP contribution in [0.3, 0.4) is 0 Å². The Hall–Kier alpha value is -3.94. The molecule has 2 aromatic carbocycles. The largest absolute Gasteiger partial charge is 0.507 e. The first-order valence-electron chi connectivity index (χ1n) is 7.91. The number of carboxylic acid groups (broad SMARTS) is 2. The van der Waals surface area contributed by atoms with E-state index in [1.165, 1.54) is 50.6 Å². The third kappa shape index (κ3) is 4.42. The van der Waals surface area contributed by atoms with Crippen molar-refractivity contribution in [3.05, 3.63) is 53.1 Å². The number of aliphatic carboxylic acids is 2. The molecule has 2 rings (SSSR count). The summed E-state index contributed by atoms with van der Waals surface area (Å²) in [6.07, 6.45) is 3.25. The summed E-state index contributed by atoms with van der Waals surface area (Å²) in [5, 5.41) is 39.0. The Morgan fingerprint density at radius 3 is 2.25 bits per heavy atom. The zero-order valence-electron chi connectivity index (χ0n) is 15.0. The predicted octanol–water partition coefficient (Wildman–Crippen LogP) is 2.84. The lowest BCUT2D eigenvalue weighted by Gasteiger charge is -2.13. The van der Waals surface area contributed by atoms with Gasteiger partial charge in [-0.25, -0.2) is 9.59 Å². The second kappa shape index (κ2) is 8.63. The molecule has 8 nitrogen and oxygen atoms in total. The molecule has 0 spiro atoms. The number of benzene rings is 2. The highest BCUT2D eigenvalue weighted by atomic mass is 16.5. The Labute approximate surface area is 160 Å². The van der Waals surface area contributed by atoms with E-state index in [9.17, 15) is 24.9 Å². The maximum Gasteiger partial charge on any atom is 0.336 e. The Morgan fingerprint density at radius 2 is 1.68 bits per heavy atom. The number of phenolic OH excluding ortho intramolecular Hbond substituents is 2. The van der Waals surface area contributed by atoms with Crippen LogP contribution in [0.15, 0.2) is 36.4 Å². The summed E-state index contributed by atoms with van der Waals surface area (Å²) < 4.78 is 10.2. The summed E-state index contributed by atoms with van der Waals surface area (Å²) in [6, 6.07) is 7.09. The van der Waals surface area contributed by atoms with E-state index in [0.29, 0.717) is 5.56 Å². The van der Waals surface area contributed by atoms with Crippen molar-refractivity contribution in [2.75, 3.05) is 14.2 Å². The lowest BCUT2D eigenvalue weighted by atomic mass is 9.98. The highest BCUT2D eigenvalue weighted by molar-refractivity contribution is 6.22. The molecule has 28 heavy (non-hydrogen) atoms. The molecule has 2 aromatic rings. The lowest BCUT2D eigenvalue weighted by molar-refractivity contribution is -0.131. The number of hydrogen-bond donors (Lipinski definition) is 4. The van der Waals surface area contributed by atoms with Crippen molar-refractivity contribution in [1.29, 1.82) is 0 Å². The van der Waals surface area contributed by atoms with Gasteiger partial charge in [0.05, 0.1) is 25.4 Å². The van der Waals surface area contributed by atoms with Gasteiger partial charge in [0.25, 0.3) is 0 Å². The summed E-state index contributed by atoms with van der Waals surface area (Å²) >= 11 is 0. The first-order chi connectivity index (χ1) is 13.3. The first kappa shape index (κ1) is 20.4. The standard InChI is InChI=1S/C20H18O8/c1-27-16-5-3-4-15(21)14(16)10-13(20(25)26)12-8-11(6-7-18(22)23)9-17(28-2)19(12)24/h3-10,21,24H,1-2H3,(H,22,23)(H,25,26)/b7-6+,13-10-. The van der Waals surface area contributed by atoms with Crippen molar-refractivity contribution in [1.82, 2.24) is 0 Å². The average molecular weight is 386 g/mol. The first-order valence-corrected chi connectivity index (χ1v) is 7.91. The van der Waals surface area contributed by atoms with Gasteiger partial charge in [0, 0.05) is 11.6 Å². The van der Waals surface area contributed by atoms with E-state index in [1.807, 2.05) is 0 Å². The molecular formula is C20H18O8. The molecule has 0 bridgehead atoms. The number of aromatic hydroxyl groups is 2. The summed E-state index contributed by atoms with van der Waals surface area (Å²) in [4.78, 5) is 22.6. The molecule has 0 unspecified atom stereocenters. The van der Waals surface area contributed by atoms with Gasteiger partial charge in [-0.2, -0.15) is 0 Å². The van der Waals surface area contributed by atoms with Crippen LogP contribution >= 0.6 is 0 Å². The molecule has 0 radical (unpaired) electrons. The highest BCUT2D eigenvalue weighted by Gasteiger charge is 2.20. The number of carboxylic acids is 2. The van der Waals surface area contributed by atoms with Crippen LogP contribution in [-0.2, 0) is 9.59 Å². The van der Waals surface area contributed by atoms with Gasteiger partial charge in [0.15, 0.2) is 11.5 Å². The Bertz CT molecular complexity index is 972. The predicted molar refractivity (Wildman–Crippen MR) is 101 cm³/mol. The van der Waals surface area contributed by atoms with Gasteiger partial charge in [-0.3, -0.25) is 0 Å². The fraction of sp³-hybridized carbons (Fsp3) is 0.100. The molecule has 146 valence electrons. The second-order valence-electron chi connectivity index (χ2n) is 5.55. The Kier molecular flexibility index (Phi) is 6.28. The third-order valence-electron chi connectivity index (χ3n) is 3.81. The molecular weight excluding hydrogens is 368 g/mol. The van der Waals surface area contributed by atoms with E-state index in [4.69, 9.17) is 14.6 Å². The highest BCUT2D eigenvalue weighted by Crippen LogP contribution is 2.39. The molecule has 4 N–H and O–H groups in total. The van der Waals surface area contributed by atoms with Crippen LogP contribution in [0.2, 0.25) is 0 Å². The third-order valence-corrected chi connectivity index (χ3v) is 3.81. The minimum absolute atomic E-state index is 0.0427. The summed E-state index contributed by atoms with van der Waals surface area (Å²) in [5.41, 5.74) is -0.0842. The maximum atomic E-state index is 11.9. The molecule has 0 aliphatic heterocycles. The van der Waals surface area contributed by atoms with Crippen molar-refractivity contribution in [3.8, 4) is 23.0 Å². The van der Waals surface area contributed by atoms with Crippen LogP contribution in [0.5, 0.6) is 23.0 Å². The number of carbonyl (C=O) groups is 2. The average Bonchev–Trinajstić information content (AvgIpc) is 2.66. The van der Waals surface area contributed by atoms with Gasteiger partial charge in [0.1, 0.15) is 11.5 Å². The minimum atomic E-state index is -1.39. The zero-order valence-corrected chi connectivity index (χ0v) is 15.0. The number of phenols is 2. The summed E-state index contributed by atoms with van der Waals surface area (Å²) in [5.74, 6) is -3.06. The Morgan fingerprint density at radius 1 is 1.00 bits per heavy atom. The lowest BCUT2D eigenvalue weighted by Crippen LogP contribution is -2.02. The SMILES string of the molecule is COc1cc(/C=C/C(=O)O)cc(/C(=C/c2c(O)cccc2OC)C(=O)O)c1O. The fourth-order valence-corrected chi connectivity index (χ4v) is 2.51. The monoisotopic (exact) mass is 386 g/mol. The van der Waals surface area contributed by atoms with Gasteiger partial charge in [-0.05, 0) is 42.0 Å². The number of rotatable bonds is 7. The summed E-state index contributed by atoms with van der Waals surface area (Å²) in [7, 11) is 2.64. The van der Waals surface area contributed by atoms with Crippen LogP contribution in [-0.4, -0.2) is 46.6 Å². The van der Waals surface area contributed by atoms with E-state index in [2.05, 4.69) is 0 Å². The molecule has 8 heteroatoms. The zero-order chi connectivity index (χ0) is 20.8. The molecule has 0 atom stereocenters. The van der Waals surface area contributed by atoms with Crippen molar-refractivity contribution in [2.45, 2.75) is 0 Å². The maximum absolute atomic E-state index is 11.9. The molecule has 0 fully saturated rings. The smallest absolute Gasteiger partial charge is 0.336 e. The topological polar surface area (TPSA) is 134 Å². The fourth-order valence-electron chi connectivity index (χ4n) is 2.51. The number of ether oxygens (including phenoxy) is 2. The van der Waals surface area contributed by atoms with Gasteiger partial charge in [-0.1, -0.05) is 6.07 Å². The van der Waals surface area contributed by atoms with E-state index < -0.39 is 17.7 Å². The quantitative estimate of drug-likeness (QED) is 0.422. The van der Waals surface area contributed by atoms with Crippen molar-refractivity contribution < 1.29 is 39.5 Å². The molecule has 0 saturated heterocycles. The van der Waals surface area contributed by atoms with Gasteiger partial charge >= 0.3 is 11.9 Å². The normalized spacial score (nSPS) is 11.4. The van der Waals surface area contributed by atoms with Gasteiger partial charge in [-0.15, -0.1) is 0 Å². The molecule has 0 aliphatic rings. The van der Waals surface area contributed by atoms with Crippen LogP contribution in [0, 0.1) is 0 Å². The molecule has 0 aromatic heterocycles. The van der Waals surface area contributed by atoms with Crippen LogP contribution in [0.4, 0.5) is 0 Å². The Balaban J connectivity index is 2.75.